The first-order valence-corrected chi connectivity index (χ1v) is 10.8. The second-order valence-corrected chi connectivity index (χ2v) is 8.49. The Kier molecular flexibility index (Phi) is 8.98. The van der Waals surface area contributed by atoms with Gasteiger partial charge in [-0.1, -0.05) is 72.7 Å². The smallest absolute Gasteiger partial charge is 0.161 e. The quantitative estimate of drug-likeness (QED) is 0.386. The van der Waals surface area contributed by atoms with Gasteiger partial charge in [0.25, 0.3) is 0 Å². The van der Waals surface area contributed by atoms with Crippen molar-refractivity contribution in [1.82, 2.24) is 0 Å². The molecule has 0 saturated carbocycles. The number of rotatable bonds is 11. The predicted molar refractivity (Wildman–Crippen MR) is 128 cm³/mol. The van der Waals surface area contributed by atoms with Gasteiger partial charge in [0.2, 0.25) is 0 Å². The zero-order valence-electron chi connectivity index (χ0n) is 18.9. The van der Waals surface area contributed by atoms with Crippen LogP contribution < -0.4 is 4.74 Å². The summed E-state index contributed by atoms with van der Waals surface area (Å²) < 4.78 is 5.80. The number of hydrogen-bond donors (Lipinski definition) is 1. The van der Waals surface area contributed by atoms with Gasteiger partial charge < -0.3 is 9.84 Å². The SMILES string of the molecule is C=CC(C)(CC/C=C(\C)CCC=C(C)C)c1ccc(OCc2ccccc2)c(O)c1. The third kappa shape index (κ3) is 7.26. The van der Waals surface area contributed by atoms with Crippen LogP contribution in [0.3, 0.4) is 0 Å². The predicted octanol–water partition coefficient (Wildman–Crippen LogP) is 7.89. The van der Waals surface area contributed by atoms with E-state index >= 15 is 0 Å². The lowest BCUT2D eigenvalue weighted by Gasteiger charge is -2.26. The summed E-state index contributed by atoms with van der Waals surface area (Å²) in [6, 6.07) is 15.7. The molecule has 1 atom stereocenters. The van der Waals surface area contributed by atoms with E-state index in [0.29, 0.717) is 12.4 Å². The number of benzene rings is 2. The Bertz CT molecular complexity index is 873. The van der Waals surface area contributed by atoms with Gasteiger partial charge in [0.05, 0.1) is 0 Å². The van der Waals surface area contributed by atoms with Crippen molar-refractivity contribution in [3.8, 4) is 11.5 Å². The maximum Gasteiger partial charge on any atom is 0.161 e. The van der Waals surface area contributed by atoms with Crippen molar-refractivity contribution in [1.29, 1.82) is 0 Å². The molecule has 0 aliphatic heterocycles. The van der Waals surface area contributed by atoms with Crippen LogP contribution in [-0.2, 0) is 12.0 Å². The third-order valence-electron chi connectivity index (χ3n) is 5.55. The molecule has 0 heterocycles. The number of hydrogen-bond acceptors (Lipinski definition) is 2. The van der Waals surface area contributed by atoms with E-state index in [2.05, 4.69) is 46.4 Å². The van der Waals surface area contributed by atoms with Crippen LogP contribution in [0.5, 0.6) is 11.5 Å². The summed E-state index contributed by atoms with van der Waals surface area (Å²) in [6.07, 6.45) is 10.7. The summed E-state index contributed by atoms with van der Waals surface area (Å²) in [5, 5.41) is 10.5. The average molecular weight is 405 g/mol. The Hall–Kier alpha value is -2.74. The number of allylic oxidation sites excluding steroid dienone is 5. The summed E-state index contributed by atoms with van der Waals surface area (Å²) in [6.45, 7) is 13.2. The van der Waals surface area contributed by atoms with Crippen molar-refractivity contribution in [2.75, 3.05) is 0 Å². The molecule has 30 heavy (non-hydrogen) atoms. The standard InChI is InChI=1S/C28H36O2/c1-6-28(5,19-11-14-23(4)13-10-12-22(2)3)25-17-18-27(26(29)20-25)30-21-24-15-8-7-9-16-24/h6-9,12,14-18,20,29H,1,10-11,13,19,21H2,2-5H3/b23-14+. The van der Waals surface area contributed by atoms with E-state index in [1.807, 2.05) is 54.6 Å². The lowest BCUT2D eigenvalue weighted by molar-refractivity contribution is 0.288. The second kappa shape index (κ2) is 11.4. The van der Waals surface area contributed by atoms with Gasteiger partial charge in [-0.25, -0.2) is 0 Å². The first-order valence-electron chi connectivity index (χ1n) is 10.8. The van der Waals surface area contributed by atoms with E-state index in [9.17, 15) is 5.11 Å². The van der Waals surface area contributed by atoms with Gasteiger partial charge >= 0.3 is 0 Å². The third-order valence-corrected chi connectivity index (χ3v) is 5.55. The molecule has 1 unspecified atom stereocenters. The maximum atomic E-state index is 10.5. The van der Waals surface area contributed by atoms with Crippen LogP contribution in [0.25, 0.3) is 0 Å². The molecule has 0 bridgehead atoms. The van der Waals surface area contributed by atoms with Crippen molar-refractivity contribution < 1.29 is 9.84 Å². The molecule has 0 saturated heterocycles. The number of phenolic OH excluding ortho intramolecular Hbond substituents is 1. The highest BCUT2D eigenvalue weighted by Gasteiger charge is 2.23. The molecule has 0 radical (unpaired) electrons. The molecule has 0 amide bonds. The molecule has 0 aliphatic carbocycles. The highest BCUT2D eigenvalue weighted by molar-refractivity contribution is 5.45. The lowest BCUT2D eigenvalue weighted by atomic mass is 9.78. The Balaban J connectivity index is 1.99. The van der Waals surface area contributed by atoms with E-state index < -0.39 is 0 Å². The zero-order valence-corrected chi connectivity index (χ0v) is 18.9. The minimum absolute atomic E-state index is 0.171. The summed E-state index contributed by atoms with van der Waals surface area (Å²) in [5.41, 5.74) is 4.72. The van der Waals surface area contributed by atoms with Crippen LogP contribution in [0.15, 0.2) is 84.5 Å². The van der Waals surface area contributed by atoms with Crippen molar-refractivity contribution in [2.45, 2.75) is 65.4 Å². The van der Waals surface area contributed by atoms with Gasteiger partial charge in [0.1, 0.15) is 6.61 Å². The highest BCUT2D eigenvalue weighted by atomic mass is 16.5. The molecule has 2 rings (SSSR count). The van der Waals surface area contributed by atoms with Crippen molar-refractivity contribution in [2.24, 2.45) is 0 Å². The van der Waals surface area contributed by atoms with Gasteiger partial charge in [-0.05, 0) is 69.7 Å². The molecule has 2 aromatic rings. The average Bonchev–Trinajstić information content (AvgIpc) is 2.73. The van der Waals surface area contributed by atoms with Crippen LogP contribution in [0.4, 0.5) is 0 Å². The fraction of sp³-hybridized carbons (Fsp3) is 0.357. The summed E-state index contributed by atoms with van der Waals surface area (Å²) in [4.78, 5) is 0. The Labute approximate surface area is 182 Å². The van der Waals surface area contributed by atoms with E-state index in [1.165, 1.54) is 11.1 Å². The van der Waals surface area contributed by atoms with Gasteiger partial charge in [-0.15, -0.1) is 6.58 Å². The van der Waals surface area contributed by atoms with E-state index in [1.54, 1.807) is 0 Å². The van der Waals surface area contributed by atoms with Crippen LogP contribution in [0, 0.1) is 0 Å². The molecule has 0 aromatic heterocycles. The second-order valence-electron chi connectivity index (χ2n) is 8.49. The van der Waals surface area contributed by atoms with Crippen molar-refractivity contribution >= 4 is 0 Å². The Morgan fingerprint density at radius 2 is 1.77 bits per heavy atom. The van der Waals surface area contributed by atoms with Crippen LogP contribution in [0.2, 0.25) is 0 Å². The van der Waals surface area contributed by atoms with E-state index in [0.717, 1.165) is 36.8 Å². The maximum absolute atomic E-state index is 10.5. The summed E-state index contributed by atoms with van der Waals surface area (Å²) in [7, 11) is 0. The largest absolute Gasteiger partial charge is 0.504 e. The van der Waals surface area contributed by atoms with Gasteiger partial charge in [-0.3, -0.25) is 0 Å². The van der Waals surface area contributed by atoms with Crippen LogP contribution >= 0.6 is 0 Å². The van der Waals surface area contributed by atoms with E-state index in [4.69, 9.17) is 4.74 Å². The van der Waals surface area contributed by atoms with Gasteiger partial charge in [0, 0.05) is 5.41 Å². The molecule has 0 aliphatic rings. The van der Waals surface area contributed by atoms with Crippen LogP contribution in [-0.4, -0.2) is 5.11 Å². The molecule has 2 nitrogen and oxygen atoms in total. The number of aromatic hydroxyl groups is 1. The van der Waals surface area contributed by atoms with Crippen molar-refractivity contribution in [3.05, 3.63) is 95.6 Å². The Morgan fingerprint density at radius 1 is 1.03 bits per heavy atom. The molecule has 0 spiro atoms. The highest BCUT2D eigenvalue weighted by Crippen LogP contribution is 2.36. The van der Waals surface area contributed by atoms with Crippen molar-refractivity contribution in [3.63, 3.8) is 0 Å². The topological polar surface area (TPSA) is 29.5 Å². The van der Waals surface area contributed by atoms with E-state index in [-0.39, 0.29) is 11.2 Å². The first-order chi connectivity index (χ1) is 14.3. The molecule has 2 heteroatoms. The molecular formula is C28H36O2. The number of ether oxygens (including phenoxy) is 1. The van der Waals surface area contributed by atoms with Gasteiger partial charge in [0.15, 0.2) is 11.5 Å². The molecular weight excluding hydrogens is 368 g/mol. The lowest BCUT2D eigenvalue weighted by Crippen LogP contribution is -2.18. The van der Waals surface area contributed by atoms with Gasteiger partial charge in [-0.2, -0.15) is 0 Å². The minimum Gasteiger partial charge on any atom is -0.504 e. The Morgan fingerprint density at radius 3 is 2.40 bits per heavy atom. The molecule has 1 N–H and O–H groups in total. The fourth-order valence-corrected chi connectivity index (χ4v) is 3.40. The first kappa shape index (κ1) is 23.5. The summed E-state index contributed by atoms with van der Waals surface area (Å²) >= 11 is 0. The molecule has 2 aromatic carbocycles. The normalized spacial score (nSPS) is 13.4. The monoisotopic (exact) mass is 404 g/mol. The number of phenols is 1. The summed E-state index contributed by atoms with van der Waals surface area (Å²) in [5.74, 6) is 0.675. The zero-order chi connectivity index (χ0) is 22.0. The molecule has 160 valence electrons. The molecule has 0 fully saturated rings. The minimum atomic E-state index is -0.202. The fourth-order valence-electron chi connectivity index (χ4n) is 3.40. The van der Waals surface area contributed by atoms with Crippen LogP contribution in [0.1, 0.15) is 64.5 Å².